The average molecular weight is 376 g/mol. The Morgan fingerprint density at radius 2 is 1.75 bits per heavy atom. The normalized spacial score (nSPS) is 14.8. The molecule has 0 saturated carbocycles. The van der Waals surface area contributed by atoms with Gasteiger partial charge in [0.05, 0.1) is 12.8 Å². The van der Waals surface area contributed by atoms with Crippen LogP contribution in [0, 0.1) is 0 Å². The fraction of sp³-hybridized carbons (Fsp3) is 0.273. The van der Waals surface area contributed by atoms with Gasteiger partial charge in [-0.2, -0.15) is 5.10 Å². The van der Waals surface area contributed by atoms with Gasteiger partial charge in [0.15, 0.2) is 0 Å². The van der Waals surface area contributed by atoms with Gasteiger partial charge >= 0.3 is 0 Å². The Bertz CT molecular complexity index is 913. The Morgan fingerprint density at radius 1 is 1.04 bits per heavy atom. The lowest BCUT2D eigenvalue weighted by Crippen LogP contribution is -2.48. The third-order valence-electron chi connectivity index (χ3n) is 5.10. The molecule has 4 rings (SSSR count). The Morgan fingerprint density at radius 3 is 2.43 bits per heavy atom. The van der Waals surface area contributed by atoms with Crippen molar-refractivity contribution < 1.29 is 9.53 Å². The molecule has 144 valence electrons. The Balaban J connectivity index is 1.33. The molecule has 2 heterocycles. The van der Waals surface area contributed by atoms with Gasteiger partial charge in [-0.25, -0.2) is 0 Å². The highest BCUT2D eigenvalue weighted by Crippen LogP contribution is 2.19. The summed E-state index contributed by atoms with van der Waals surface area (Å²) in [6, 6.07) is 19.9. The number of rotatable bonds is 5. The number of nitrogens with zero attached hydrogens (tertiary/aromatic N) is 3. The number of methoxy groups -OCH3 is 1. The first-order chi connectivity index (χ1) is 13.7. The van der Waals surface area contributed by atoms with Crippen molar-refractivity contribution in [2.45, 2.75) is 6.54 Å². The van der Waals surface area contributed by atoms with E-state index in [4.69, 9.17) is 4.74 Å². The van der Waals surface area contributed by atoms with Crippen molar-refractivity contribution in [1.29, 1.82) is 0 Å². The second-order valence-electron chi connectivity index (χ2n) is 6.95. The van der Waals surface area contributed by atoms with Gasteiger partial charge in [-0.05, 0) is 23.8 Å². The number of H-pyrrole nitrogens is 1. The third kappa shape index (κ3) is 4.07. The summed E-state index contributed by atoms with van der Waals surface area (Å²) in [5.41, 5.74) is 3.59. The van der Waals surface area contributed by atoms with E-state index < -0.39 is 0 Å². The first kappa shape index (κ1) is 18.3. The van der Waals surface area contributed by atoms with Crippen molar-refractivity contribution >= 4 is 5.91 Å². The van der Waals surface area contributed by atoms with Gasteiger partial charge in [0.25, 0.3) is 5.91 Å². The van der Waals surface area contributed by atoms with Crippen molar-refractivity contribution in [3.63, 3.8) is 0 Å². The number of piperazine rings is 1. The fourth-order valence-electron chi connectivity index (χ4n) is 3.46. The van der Waals surface area contributed by atoms with E-state index in [-0.39, 0.29) is 5.91 Å². The van der Waals surface area contributed by atoms with Gasteiger partial charge in [0.1, 0.15) is 11.4 Å². The van der Waals surface area contributed by atoms with E-state index in [1.54, 1.807) is 7.11 Å². The monoisotopic (exact) mass is 376 g/mol. The molecule has 6 heteroatoms. The summed E-state index contributed by atoms with van der Waals surface area (Å²) in [5.74, 6) is 0.882. The predicted octanol–water partition coefficient (Wildman–Crippen LogP) is 3.04. The van der Waals surface area contributed by atoms with E-state index in [2.05, 4.69) is 27.2 Å². The SMILES string of the molecule is COc1ccc(CN2CCN(C(=O)c3cc(-c4ccccc4)n[nH]3)CC2)cc1. The van der Waals surface area contributed by atoms with E-state index in [0.29, 0.717) is 18.8 Å². The standard InChI is InChI=1S/C22H24N4O2/c1-28-19-9-7-17(8-10-19)16-25-11-13-26(14-12-25)22(27)21-15-20(23-24-21)18-5-3-2-4-6-18/h2-10,15H,11-14,16H2,1H3,(H,23,24). The molecule has 0 aliphatic carbocycles. The number of nitrogens with one attached hydrogen (secondary N) is 1. The van der Waals surface area contributed by atoms with Crippen LogP contribution in [0.3, 0.4) is 0 Å². The van der Waals surface area contributed by atoms with Gasteiger partial charge in [0.2, 0.25) is 0 Å². The summed E-state index contributed by atoms with van der Waals surface area (Å²) < 4.78 is 5.21. The number of aromatic amines is 1. The van der Waals surface area contributed by atoms with Crippen LogP contribution >= 0.6 is 0 Å². The maximum atomic E-state index is 12.8. The molecule has 0 bridgehead atoms. The van der Waals surface area contributed by atoms with Crippen LogP contribution in [0.5, 0.6) is 5.75 Å². The maximum absolute atomic E-state index is 12.8. The molecular weight excluding hydrogens is 352 g/mol. The number of carbonyl (C=O) groups excluding carboxylic acids is 1. The molecule has 2 aromatic carbocycles. The van der Waals surface area contributed by atoms with Gasteiger partial charge in [-0.3, -0.25) is 14.8 Å². The summed E-state index contributed by atoms with van der Waals surface area (Å²) in [5, 5.41) is 7.19. The van der Waals surface area contributed by atoms with Crippen molar-refractivity contribution in [2.75, 3.05) is 33.3 Å². The topological polar surface area (TPSA) is 61.5 Å². The minimum Gasteiger partial charge on any atom is -0.497 e. The number of carbonyl (C=O) groups is 1. The van der Waals surface area contributed by atoms with Crippen LogP contribution in [0.1, 0.15) is 16.1 Å². The van der Waals surface area contributed by atoms with E-state index in [0.717, 1.165) is 36.6 Å². The summed E-state index contributed by atoms with van der Waals surface area (Å²) in [6.45, 7) is 4.03. The van der Waals surface area contributed by atoms with Crippen LogP contribution in [0.25, 0.3) is 11.3 Å². The first-order valence-electron chi connectivity index (χ1n) is 9.48. The minimum absolute atomic E-state index is 0.0128. The molecule has 1 aliphatic rings. The molecule has 1 saturated heterocycles. The highest BCUT2D eigenvalue weighted by Gasteiger charge is 2.23. The second kappa shape index (κ2) is 8.27. The van der Waals surface area contributed by atoms with Gasteiger partial charge in [-0.1, -0.05) is 42.5 Å². The van der Waals surface area contributed by atoms with E-state index in [1.807, 2.05) is 53.4 Å². The Hall–Kier alpha value is -3.12. The predicted molar refractivity (Wildman–Crippen MR) is 108 cm³/mol. The van der Waals surface area contributed by atoms with Crippen molar-refractivity contribution in [3.8, 4) is 17.0 Å². The molecule has 1 aliphatic heterocycles. The van der Waals surface area contributed by atoms with Crippen LogP contribution in [0.15, 0.2) is 60.7 Å². The average Bonchev–Trinajstić information content (AvgIpc) is 3.25. The molecule has 0 unspecified atom stereocenters. The Kier molecular flexibility index (Phi) is 5.39. The molecule has 6 nitrogen and oxygen atoms in total. The number of benzene rings is 2. The highest BCUT2D eigenvalue weighted by atomic mass is 16.5. The van der Waals surface area contributed by atoms with Crippen LogP contribution in [-0.4, -0.2) is 59.2 Å². The second-order valence-corrected chi connectivity index (χ2v) is 6.95. The molecule has 0 spiro atoms. The Labute approximate surface area is 164 Å². The smallest absolute Gasteiger partial charge is 0.271 e. The van der Waals surface area contributed by atoms with Crippen molar-refractivity contribution in [3.05, 3.63) is 71.9 Å². The lowest BCUT2D eigenvalue weighted by atomic mass is 10.1. The van der Waals surface area contributed by atoms with Gasteiger partial charge in [0, 0.05) is 38.3 Å². The zero-order valence-electron chi connectivity index (χ0n) is 16.0. The maximum Gasteiger partial charge on any atom is 0.271 e. The van der Waals surface area contributed by atoms with Crippen LogP contribution in [-0.2, 0) is 6.54 Å². The minimum atomic E-state index is 0.0128. The molecule has 1 amide bonds. The van der Waals surface area contributed by atoms with Gasteiger partial charge < -0.3 is 9.64 Å². The fourth-order valence-corrected chi connectivity index (χ4v) is 3.46. The first-order valence-corrected chi connectivity index (χ1v) is 9.48. The molecule has 28 heavy (non-hydrogen) atoms. The van der Waals surface area contributed by atoms with Gasteiger partial charge in [-0.15, -0.1) is 0 Å². The number of ether oxygens (including phenoxy) is 1. The number of hydrogen-bond donors (Lipinski definition) is 1. The number of amides is 1. The molecule has 1 N–H and O–H groups in total. The zero-order chi connectivity index (χ0) is 19.3. The molecular formula is C22H24N4O2. The van der Waals surface area contributed by atoms with E-state index in [1.165, 1.54) is 5.56 Å². The van der Waals surface area contributed by atoms with Crippen LogP contribution < -0.4 is 4.74 Å². The summed E-state index contributed by atoms with van der Waals surface area (Å²) in [6.07, 6.45) is 0. The molecule has 0 atom stereocenters. The van der Waals surface area contributed by atoms with Crippen LogP contribution in [0.4, 0.5) is 0 Å². The molecule has 1 aromatic heterocycles. The number of hydrogen-bond acceptors (Lipinski definition) is 4. The molecule has 0 radical (unpaired) electrons. The summed E-state index contributed by atoms with van der Waals surface area (Å²) in [4.78, 5) is 17.1. The third-order valence-corrected chi connectivity index (χ3v) is 5.10. The van der Waals surface area contributed by atoms with Crippen molar-refractivity contribution in [2.24, 2.45) is 0 Å². The van der Waals surface area contributed by atoms with E-state index in [9.17, 15) is 4.79 Å². The zero-order valence-corrected chi connectivity index (χ0v) is 16.0. The van der Waals surface area contributed by atoms with Crippen molar-refractivity contribution in [1.82, 2.24) is 20.0 Å². The quantitative estimate of drug-likeness (QED) is 0.744. The van der Waals surface area contributed by atoms with Crippen LogP contribution in [0.2, 0.25) is 0 Å². The molecule has 1 fully saturated rings. The lowest BCUT2D eigenvalue weighted by Gasteiger charge is -2.34. The lowest BCUT2D eigenvalue weighted by molar-refractivity contribution is 0.0622. The van der Waals surface area contributed by atoms with E-state index >= 15 is 0 Å². The number of aromatic nitrogens is 2. The summed E-state index contributed by atoms with van der Waals surface area (Å²) >= 11 is 0. The molecule has 3 aromatic rings. The summed E-state index contributed by atoms with van der Waals surface area (Å²) in [7, 11) is 1.67. The largest absolute Gasteiger partial charge is 0.497 e. The highest BCUT2D eigenvalue weighted by molar-refractivity contribution is 5.93.